The molecule has 0 saturated heterocycles. The Morgan fingerprint density at radius 1 is 0.731 bits per heavy atom. The first-order valence-electron chi connectivity index (χ1n) is 9.37. The van der Waals surface area contributed by atoms with Crippen molar-refractivity contribution in [1.29, 1.82) is 0 Å². The van der Waals surface area contributed by atoms with E-state index in [9.17, 15) is 4.79 Å². The van der Waals surface area contributed by atoms with Gasteiger partial charge in [-0.25, -0.2) is 4.79 Å². The summed E-state index contributed by atoms with van der Waals surface area (Å²) in [5, 5.41) is 0. The van der Waals surface area contributed by atoms with E-state index in [0.29, 0.717) is 31.1 Å². The van der Waals surface area contributed by atoms with E-state index in [0.717, 1.165) is 18.6 Å². The Kier molecular flexibility index (Phi) is 9.12. The van der Waals surface area contributed by atoms with E-state index in [1.807, 2.05) is 30.3 Å². The molecule has 0 heterocycles. The Morgan fingerprint density at radius 3 is 2.00 bits per heavy atom. The van der Waals surface area contributed by atoms with Crippen LogP contribution in [0.2, 0.25) is 0 Å². The largest absolute Gasteiger partial charge is 0.490 e. The maximum atomic E-state index is 12.0. The molecule has 0 aliphatic heterocycles. The van der Waals surface area contributed by atoms with Crippen molar-refractivity contribution in [1.82, 2.24) is 0 Å². The lowest BCUT2D eigenvalue weighted by Gasteiger charge is -2.09. The van der Waals surface area contributed by atoms with Crippen molar-refractivity contribution < 1.29 is 19.0 Å². The smallest absolute Gasteiger partial charge is 0.338 e. The van der Waals surface area contributed by atoms with Gasteiger partial charge in [0.2, 0.25) is 0 Å². The van der Waals surface area contributed by atoms with Gasteiger partial charge in [0.05, 0.1) is 12.2 Å². The molecule has 26 heavy (non-hydrogen) atoms. The van der Waals surface area contributed by atoms with Crippen molar-refractivity contribution in [2.75, 3.05) is 19.8 Å². The van der Waals surface area contributed by atoms with Crippen molar-refractivity contribution in [3.63, 3.8) is 0 Å². The van der Waals surface area contributed by atoms with Crippen molar-refractivity contribution >= 4 is 5.97 Å². The molecule has 0 N–H and O–H groups in total. The molecule has 0 radical (unpaired) electrons. The molecule has 0 unspecified atom stereocenters. The van der Waals surface area contributed by atoms with E-state index in [2.05, 4.69) is 6.92 Å². The molecule has 2 rings (SSSR count). The summed E-state index contributed by atoms with van der Waals surface area (Å²) in [5.41, 5.74) is 0.548. The molecule has 0 aliphatic rings. The van der Waals surface area contributed by atoms with Crippen LogP contribution in [0.5, 0.6) is 11.5 Å². The second-order valence-electron chi connectivity index (χ2n) is 6.08. The summed E-state index contributed by atoms with van der Waals surface area (Å²) in [6.07, 6.45) is 5.69. The van der Waals surface area contributed by atoms with E-state index in [-0.39, 0.29) is 5.97 Å². The average molecular weight is 356 g/mol. The number of hydrogen-bond donors (Lipinski definition) is 0. The first-order valence-corrected chi connectivity index (χ1v) is 9.37. The highest BCUT2D eigenvalue weighted by Gasteiger charge is 2.07. The van der Waals surface area contributed by atoms with Gasteiger partial charge in [-0.1, -0.05) is 50.8 Å². The van der Waals surface area contributed by atoms with Crippen LogP contribution in [0.15, 0.2) is 54.6 Å². The molecule has 0 amide bonds. The van der Waals surface area contributed by atoms with Gasteiger partial charge in [-0.05, 0) is 42.8 Å². The van der Waals surface area contributed by atoms with Gasteiger partial charge in [0.1, 0.15) is 24.7 Å². The number of benzene rings is 2. The number of hydrogen-bond acceptors (Lipinski definition) is 4. The molecule has 2 aromatic carbocycles. The number of carbonyl (C=O) groups is 1. The third-order valence-corrected chi connectivity index (χ3v) is 3.94. The maximum Gasteiger partial charge on any atom is 0.338 e. The fourth-order valence-corrected chi connectivity index (χ4v) is 2.48. The lowest BCUT2D eigenvalue weighted by atomic mass is 10.2. The summed E-state index contributed by atoms with van der Waals surface area (Å²) in [7, 11) is 0. The normalized spacial score (nSPS) is 10.3. The maximum absolute atomic E-state index is 12.0. The molecule has 0 aliphatic carbocycles. The molecule has 0 bridgehead atoms. The van der Waals surface area contributed by atoms with Crippen LogP contribution < -0.4 is 9.47 Å². The van der Waals surface area contributed by atoms with E-state index in [4.69, 9.17) is 14.2 Å². The van der Waals surface area contributed by atoms with Crippen molar-refractivity contribution in [3.05, 3.63) is 60.2 Å². The van der Waals surface area contributed by atoms with Gasteiger partial charge in [-0.15, -0.1) is 0 Å². The van der Waals surface area contributed by atoms with Gasteiger partial charge in [-0.2, -0.15) is 0 Å². The number of unbranched alkanes of at least 4 members (excludes halogenated alkanes) is 4. The molecule has 4 nitrogen and oxygen atoms in total. The van der Waals surface area contributed by atoms with Crippen LogP contribution >= 0.6 is 0 Å². The standard InChI is InChI=1S/C22H28O4/c1-2-3-4-5-9-16-26-22(23)19-12-14-21(15-13-19)25-18-17-24-20-10-7-6-8-11-20/h6-8,10-15H,2-5,9,16-18H2,1H3. The van der Waals surface area contributed by atoms with Crippen LogP contribution in [0.3, 0.4) is 0 Å². The summed E-state index contributed by atoms with van der Waals surface area (Å²) >= 11 is 0. The summed E-state index contributed by atoms with van der Waals surface area (Å²) in [5.74, 6) is 1.25. The van der Waals surface area contributed by atoms with Crippen LogP contribution in [0.4, 0.5) is 0 Å². The monoisotopic (exact) mass is 356 g/mol. The Balaban J connectivity index is 1.63. The number of rotatable bonds is 12. The number of esters is 1. The SMILES string of the molecule is CCCCCCCOC(=O)c1ccc(OCCOc2ccccc2)cc1. The molecule has 0 aromatic heterocycles. The molecule has 140 valence electrons. The molecule has 0 atom stereocenters. The molecular formula is C22H28O4. The van der Waals surface area contributed by atoms with Gasteiger partial charge in [0.15, 0.2) is 0 Å². The molecule has 0 spiro atoms. The first-order chi connectivity index (χ1) is 12.8. The van der Waals surface area contributed by atoms with Gasteiger partial charge < -0.3 is 14.2 Å². The predicted octanol–water partition coefficient (Wildman–Crippen LogP) is 5.27. The van der Waals surface area contributed by atoms with E-state index < -0.39 is 0 Å². The van der Waals surface area contributed by atoms with E-state index in [1.165, 1.54) is 19.3 Å². The number of carbonyl (C=O) groups excluding carboxylic acids is 1. The third-order valence-electron chi connectivity index (χ3n) is 3.94. The van der Waals surface area contributed by atoms with Gasteiger partial charge in [0.25, 0.3) is 0 Å². The minimum Gasteiger partial charge on any atom is -0.490 e. The van der Waals surface area contributed by atoms with Crippen LogP contribution in [-0.4, -0.2) is 25.8 Å². The highest BCUT2D eigenvalue weighted by atomic mass is 16.5. The Labute approximate surface area is 156 Å². The lowest BCUT2D eigenvalue weighted by Crippen LogP contribution is -2.09. The number of para-hydroxylation sites is 1. The zero-order valence-corrected chi connectivity index (χ0v) is 15.5. The quantitative estimate of drug-likeness (QED) is 0.384. The summed E-state index contributed by atoms with van der Waals surface area (Å²) in [4.78, 5) is 12.0. The third kappa shape index (κ3) is 7.60. The molecule has 2 aromatic rings. The van der Waals surface area contributed by atoms with Crippen LogP contribution in [0.25, 0.3) is 0 Å². The van der Waals surface area contributed by atoms with Crippen LogP contribution in [-0.2, 0) is 4.74 Å². The fourth-order valence-electron chi connectivity index (χ4n) is 2.48. The van der Waals surface area contributed by atoms with Gasteiger partial charge in [0, 0.05) is 0 Å². The van der Waals surface area contributed by atoms with E-state index in [1.54, 1.807) is 24.3 Å². The summed E-state index contributed by atoms with van der Waals surface area (Å²) in [6.45, 7) is 3.57. The minimum atomic E-state index is -0.278. The summed E-state index contributed by atoms with van der Waals surface area (Å²) < 4.78 is 16.5. The van der Waals surface area contributed by atoms with Crippen molar-refractivity contribution in [2.45, 2.75) is 39.0 Å². The van der Waals surface area contributed by atoms with Gasteiger partial charge >= 0.3 is 5.97 Å². The predicted molar refractivity (Wildman–Crippen MR) is 103 cm³/mol. The lowest BCUT2D eigenvalue weighted by molar-refractivity contribution is 0.0497. The highest BCUT2D eigenvalue weighted by Crippen LogP contribution is 2.14. The average Bonchev–Trinajstić information content (AvgIpc) is 2.69. The topological polar surface area (TPSA) is 44.8 Å². The zero-order chi connectivity index (χ0) is 18.5. The van der Waals surface area contributed by atoms with Crippen LogP contribution in [0, 0.1) is 0 Å². The zero-order valence-electron chi connectivity index (χ0n) is 15.5. The Morgan fingerprint density at radius 2 is 1.35 bits per heavy atom. The van der Waals surface area contributed by atoms with Crippen molar-refractivity contribution in [2.24, 2.45) is 0 Å². The number of ether oxygens (including phenoxy) is 3. The Bertz CT molecular complexity index is 622. The highest BCUT2D eigenvalue weighted by molar-refractivity contribution is 5.89. The molecule has 0 saturated carbocycles. The molecule has 4 heteroatoms. The van der Waals surface area contributed by atoms with Crippen molar-refractivity contribution in [3.8, 4) is 11.5 Å². The molecule has 0 fully saturated rings. The second-order valence-corrected chi connectivity index (χ2v) is 6.08. The Hall–Kier alpha value is -2.49. The molecular weight excluding hydrogens is 328 g/mol. The summed E-state index contributed by atoms with van der Waals surface area (Å²) in [6, 6.07) is 16.6. The van der Waals surface area contributed by atoms with Crippen LogP contribution in [0.1, 0.15) is 49.4 Å². The second kappa shape index (κ2) is 12.0. The first kappa shape index (κ1) is 19.8. The fraction of sp³-hybridized carbons (Fsp3) is 0.409. The minimum absolute atomic E-state index is 0.278. The van der Waals surface area contributed by atoms with Gasteiger partial charge in [-0.3, -0.25) is 0 Å². The van der Waals surface area contributed by atoms with E-state index >= 15 is 0 Å².